The molecule has 2 aromatic rings. The van der Waals surface area contributed by atoms with E-state index < -0.39 is 6.10 Å². The summed E-state index contributed by atoms with van der Waals surface area (Å²) in [5, 5.41) is 12.7. The molecule has 132 valence electrons. The van der Waals surface area contributed by atoms with Crippen LogP contribution in [0.15, 0.2) is 54.6 Å². The van der Waals surface area contributed by atoms with Gasteiger partial charge in [0.2, 0.25) is 0 Å². The lowest BCUT2D eigenvalue weighted by atomic mass is 10.2. The highest BCUT2D eigenvalue weighted by atomic mass is 16.5. The molecule has 6 heteroatoms. The number of nitrogens with zero attached hydrogens (tertiary/aromatic N) is 1. The van der Waals surface area contributed by atoms with Crippen LogP contribution in [0.5, 0.6) is 5.75 Å². The molecule has 1 aliphatic heterocycles. The summed E-state index contributed by atoms with van der Waals surface area (Å²) in [4.78, 5) is 13.9. The minimum absolute atomic E-state index is 0.249. The van der Waals surface area contributed by atoms with Gasteiger partial charge in [0.25, 0.3) is 0 Å². The van der Waals surface area contributed by atoms with Crippen molar-refractivity contribution in [3.63, 3.8) is 0 Å². The third-order valence-electron chi connectivity index (χ3n) is 4.21. The Bertz CT molecular complexity index is 708. The third-order valence-corrected chi connectivity index (χ3v) is 4.21. The summed E-state index contributed by atoms with van der Waals surface area (Å²) in [5.41, 5.74) is 1.63. The molecule has 2 aromatic carbocycles. The number of likely N-dealkylation sites (N-methyl/N-ethyl adjacent to an activating group) is 1. The lowest BCUT2D eigenvalue weighted by molar-refractivity contribution is 0.106. The normalized spacial score (nSPS) is 19.4. The van der Waals surface area contributed by atoms with Gasteiger partial charge in [-0.05, 0) is 17.7 Å². The van der Waals surface area contributed by atoms with Crippen molar-refractivity contribution >= 4 is 11.7 Å². The average molecular weight is 342 g/mol. The number of para-hydroxylation sites is 2. The summed E-state index contributed by atoms with van der Waals surface area (Å²) in [7, 11) is 1.64. The molecular formula is C19H22N2O4. The van der Waals surface area contributed by atoms with Crippen LogP contribution in [-0.4, -0.2) is 48.4 Å². The summed E-state index contributed by atoms with van der Waals surface area (Å²) in [6.07, 6.45) is -0.666. The van der Waals surface area contributed by atoms with Crippen LogP contribution in [-0.2, 0) is 11.3 Å². The summed E-state index contributed by atoms with van der Waals surface area (Å²) in [5.74, 6) is 0.594. The Labute approximate surface area is 147 Å². The first-order valence-corrected chi connectivity index (χ1v) is 8.20. The minimum Gasteiger partial charge on any atom is -0.487 e. The Morgan fingerprint density at radius 1 is 1.20 bits per heavy atom. The Morgan fingerprint density at radius 3 is 2.64 bits per heavy atom. The molecule has 0 spiro atoms. The number of nitrogens with one attached hydrogen (secondary N) is 1. The molecule has 2 amide bonds. The van der Waals surface area contributed by atoms with E-state index in [-0.39, 0.29) is 18.7 Å². The SMILES string of the molecule is CN(C(=O)Nc1ccccc1OCc1ccccc1)[C@H]1COC[C@@H]1O. The predicted molar refractivity (Wildman–Crippen MR) is 94.6 cm³/mol. The van der Waals surface area contributed by atoms with Gasteiger partial charge in [-0.25, -0.2) is 4.79 Å². The van der Waals surface area contributed by atoms with Gasteiger partial charge in [0.05, 0.1) is 31.0 Å². The van der Waals surface area contributed by atoms with Crippen LogP contribution >= 0.6 is 0 Å². The van der Waals surface area contributed by atoms with Crippen LogP contribution in [0.4, 0.5) is 10.5 Å². The van der Waals surface area contributed by atoms with Gasteiger partial charge in [-0.2, -0.15) is 0 Å². The Balaban J connectivity index is 1.65. The fraction of sp³-hybridized carbons (Fsp3) is 0.316. The van der Waals surface area contributed by atoms with Crippen LogP contribution < -0.4 is 10.1 Å². The van der Waals surface area contributed by atoms with E-state index >= 15 is 0 Å². The Morgan fingerprint density at radius 2 is 1.92 bits per heavy atom. The van der Waals surface area contributed by atoms with E-state index in [1.54, 1.807) is 13.1 Å². The first-order valence-electron chi connectivity index (χ1n) is 8.20. The van der Waals surface area contributed by atoms with Crippen molar-refractivity contribution in [2.24, 2.45) is 0 Å². The van der Waals surface area contributed by atoms with Gasteiger partial charge in [-0.3, -0.25) is 0 Å². The molecule has 6 nitrogen and oxygen atoms in total. The number of rotatable bonds is 5. The molecule has 1 fully saturated rings. The van der Waals surface area contributed by atoms with Crippen molar-refractivity contribution in [2.75, 3.05) is 25.6 Å². The molecule has 0 aliphatic carbocycles. The second-order valence-corrected chi connectivity index (χ2v) is 5.98. The predicted octanol–water partition coefficient (Wildman–Crippen LogP) is 2.49. The van der Waals surface area contributed by atoms with Crippen molar-refractivity contribution in [2.45, 2.75) is 18.8 Å². The van der Waals surface area contributed by atoms with Crippen LogP contribution in [0.3, 0.4) is 0 Å². The number of ether oxygens (including phenoxy) is 2. The molecule has 3 rings (SSSR count). The monoisotopic (exact) mass is 342 g/mol. The summed E-state index contributed by atoms with van der Waals surface area (Å²) in [6.45, 7) is 0.995. The molecule has 0 saturated carbocycles. The van der Waals surface area contributed by atoms with Gasteiger partial charge < -0.3 is 24.8 Å². The lowest BCUT2D eigenvalue weighted by Gasteiger charge is -2.26. The van der Waals surface area contributed by atoms with Crippen LogP contribution in [0.25, 0.3) is 0 Å². The molecule has 2 atom stereocenters. The van der Waals surface area contributed by atoms with Crippen molar-refractivity contribution in [3.05, 3.63) is 60.2 Å². The van der Waals surface area contributed by atoms with E-state index in [1.807, 2.05) is 48.5 Å². The van der Waals surface area contributed by atoms with Gasteiger partial charge in [0.15, 0.2) is 0 Å². The number of hydrogen-bond acceptors (Lipinski definition) is 4. The fourth-order valence-corrected chi connectivity index (χ4v) is 2.69. The number of amides is 2. The highest BCUT2D eigenvalue weighted by Crippen LogP contribution is 2.25. The van der Waals surface area contributed by atoms with E-state index in [9.17, 15) is 9.90 Å². The summed E-state index contributed by atoms with van der Waals surface area (Å²) >= 11 is 0. The number of carbonyl (C=O) groups excluding carboxylic acids is 1. The van der Waals surface area contributed by atoms with Crippen molar-refractivity contribution in [1.29, 1.82) is 0 Å². The summed E-state index contributed by atoms with van der Waals surface area (Å²) in [6, 6.07) is 16.4. The molecule has 0 unspecified atom stereocenters. The van der Waals surface area contributed by atoms with Crippen molar-refractivity contribution in [1.82, 2.24) is 4.90 Å². The minimum atomic E-state index is -0.666. The maximum absolute atomic E-state index is 12.5. The van der Waals surface area contributed by atoms with Gasteiger partial charge in [-0.15, -0.1) is 0 Å². The number of hydrogen-bond donors (Lipinski definition) is 2. The summed E-state index contributed by atoms with van der Waals surface area (Å²) < 4.78 is 11.0. The number of benzene rings is 2. The maximum atomic E-state index is 12.5. The second kappa shape index (κ2) is 8.00. The maximum Gasteiger partial charge on any atom is 0.322 e. The van der Waals surface area contributed by atoms with E-state index in [0.29, 0.717) is 24.7 Å². The van der Waals surface area contributed by atoms with E-state index in [1.165, 1.54) is 4.90 Å². The Kier molecular flexibility index (Phi) is 5.53. The van der Waals surface area contributed by atoms with Gasteiger partial charge in [-0.1, -0.05) is 42.5 Å². The number of carbonyl (C=O) groups is 1. The first kappa shape index (κ1) is 17.3. The van der Waals surface area contributed by atoms with Gasteiger partial charge >= 0.3 is 6.03 Å². The zero-order valence-corrected chi connectivity index (χ0v) is 14.1. The molecule has 25 heavy (non-hydrogen) atoms. The largest absolute Gasteiger partial charge is 0.487 e. The molecular weight excluding hydrogens is 320 g/mol. The van der Waals surface area contributed by atoms with Crippen LogP contribution in [0.1, 0.15) is 5.56 Å². The second-order valence-electron chi connectivity index (χ2n) is 5.98. The van der Waals surface area contributed by atoms with Gasteiger partial charge in [0.1, 0.15) is 12.4 Å². The molecule has 1 saturated heterocycles. The first-order chi connectivity index (χ1) is 12.1. The smallest absolute Gasteiger partial charge is 0.322 e. The van der Waals surface area contributed by atoms with E-state index in [2.05, 4.69) is 5.32 Å². The lowest BCUT2D eigenvalue weighted by Crippen LogP contribution is -2.45. The molecule has 1 heterocycles. The standard InChI is InChI=1S/C19H22N2O4/c1-21(16-12-24-13-17(16)22)19(23)20-15-9-5-6-10-18(15)25-11-14-7-3-2-4-8-14/h2-10,16-17,22H,11-13H2,1H3,(H,20,23)/t16-,17-/m0/s1. The number of urea groups is 1. The molecule has 1 aliphatic rings. The fourth-order valence-electron chi connectivity index (χ4n) is 2.69. The molecule has 0 aromatic heterocycles. The third kappa shape index (κ3) is 4.29. The van der Waals surface area contributed by atoms with Crippen molar-refractivity contribution in [3.8, 4) is 5.75 Å². The zero-order chi connectivity index (χ0) is 17.6. The van der Waals surface area contributed by atoms with Crippen LogP contribution in [0, 0.1) is 0 Å². The zero-order valence-electron chi connectivity index (χ0n) is 14.1. The highest BCUT2D eigenvalue weighted by Gasteiger charge is 2.32. The molecule has 0 radical (unpaired) electrons. The molecule has 2 N–H and O–H groups in total. The van der Waals surface area contributed by atoms with Crippen LogP contribution in [0.2, 0.25) is 0 Å². The highest BCUT2D eigenvalue weighted by molar-refractivity contribution is 5.91. The number of aliphatic hydroxyl groups is 1. The average Bonchev–Trinajstić information content (AvgIpc) is 3.07. The van der Waals surface area contributed by atoms with Crippen molar-refractivity contribution < 1.29 is 19.4 Å². The Hall–Kier alpha value is -2.57. The quantitative estimate of drug-likeness (QED) is 0.876. The number of anilines is 1. The van der Waals surface area contributed by atoms with E-state index in [4.69, 9.17) is 9.47 Å². The number of aliphatic hydroxyl groups excluding tert-OH is 1. The molecule has 0 bridgehead atoms. The van der Waals surface area contributed by atoms with E-state index in [0.717, 1.165) is 5.56 Å². The van der Waals surface area contributed by atoms with Gasteiger partial charge in [0, 0.05) is 7.05 Å². The topological polar surface area (TPSA) is 71.0 Å².